The molecule has 1 aliphatic carbocycles. The van der Waals surface area contributed by atoms with Gasteiger partial charge in [-0.05, 0) is 19.3 Å². The first kappa shape index (κ1) is 17.0. The Morgan fingerprint density at radius 1 is 1.20 bits per heavy atom. The molecule has 0 aromatic heterocycles. The van der Waals surface area contributed by atoms with E-state index in [2.05, 4.69) is 0 Å². The zero-order chi connectivity index (χ0) is 15.0. The Labute approximate surface area is 121 Å². The molecule has 0 unspecified atom stereocenters. The number of nitrogens with zero attached hydrogens (tertiary/aromatic N) is 1. The van der Waals surface area contributed by atoms with Crippen LogP contribution in [-0.4, -0.2) is 43.5 Å². The second-order valence-electron chi connectivity index (χ2n) is 5.70. The first-order valence-corrected chi connectivity index (χ1v) is 7.66. The molecule has 0 aromatic carbocycles. The Balaban J connectivity index is 2.85. The van der Waals surface area contributed by atoms with E-state index in [1.807, 2.05) is 6.92 Å². The normalized spacial score (nSPS) is 18.1. The quantitative estimate of drug-likeness (QED) is 0.595. The van der Waals surface area contributed by atoms with Crippen LogP contribution in [0.4, 0.5) is 0 Å². The van der Waals surface area contributed by atoms with Gasteiger partial charge in [-0.15, -0.1) is 0 Å². The van der Waals surface area contributed by atoms with Gasteiger partial charge in [-0.2, -0.15) is 0 Å². The molecule has 0 heterocycles. The molecule has 116 valence electrons. The lowest BCUT2D eigenvalue weighted by Gasteiger charge is -2.35. The van der Waals surface area contributed by atoms with E-state index in [0.717, 1.165) is 32.1 Å². The SMILES string of the molecule is CCCN(CC(=O)OC)C(=O)C1(CN)CCCCCC1. The Kier molecular flexibility index (Phi) is 6.99. The van der Waals surface area contributed by atoms with E-state index in [-0.39, 0.29) is 18.4 Å². The van der Waals surface area contributed by atoms with E-state index in [1.54, 1.807) is 4.90 Å². The molecule has 1 saturated carbocycles. The third kappa shape index (κ3) is 4.20. The fourth-order valence-electron chi connectivity index (χ4n) is 2.99. The van der Waals surface area contributed by atoms with Crippen molar-refractivity contribution in [3.05, 3.63) is 0 Å². The second-order valence-corrected chi connectivity index (χ2v) is 5.70. The summed E-state index contributed by atoms with van der Waals surface area (Å²) in [5.74, 6) is -0.332. The second kappa shape index (κ2) is 8.25. The molecule has 0 aliphatic heterocycles. The maximum Gasteiger partial charge on any atom is 0.325 e. The standard InChI is InChI=1S/C15H28N2O3/c1-3-10-17(11-13(18)20-2)14(19)15(12-16)8-6-4-5-7-9-15/h3-12,16H2,1-2H3. The molecular weight excluding hydrogens is 256 g/mol. The number of carbonyl (C=O) groups excluding carboxylic acids is 2. The van der Waals surface area contributed by atoms with Gasteiger partial charge in [-0.3, -0.25) is 9.59 Å². The lowest BCUT2D eigenvalue weighted by Crippen LogP contribution is -2.49. The van der Waals surface area contributed by atoms with Gasteiger partial charge in [0.1, 0.15) is 6.54 Å². The van der Waals surface area contributed by atoms with Gasteiger partial charge in [0.2, 0.25) is 5.91 Å². The molecule has 5 heteroatoms. The summed E-state index contributed by atoms with van der Waals surface area (Å²) in [4.78, 5) is 26.0. The highest BCUT2D eigenvalue weighted by Gasteiger charge is 2.40. The largest absolute Gasteiger partial charge is 0.468 e. The summed E-state index contributed by atoms with van der Waals surface area (Å²) in [6.07, 6.45) is 6.92. The maximum absolute atomic E-state index is 12.9. The van der Waals surface area contributed by atoms with E-state index in [4.69, 9.17) is 10.5 Å². The van der Waals surface area contributed by atoms with Gasteiger partial charge in [-0.25, -0.2) is 0 Å². The number of methoxy groups -OCH3 is 1. The molecule has 1 rings (SSSR count). The van der Waals surface area contributed by atoms with Crippen molar-refractivity contribution in [1.29, 1.82) is 0 Å². The highest BCUT2D eigenvalue weighted by molar-refractivity contribution is 5.86. The summed E-state index contributed by atoms with van der Waals surface area (Å²) in [6, 6.07) is 0. The van der Waals surface area contributed by atoms with Crippen molar-refractivity contribution in [2.45, 2.75) is 51.9 Å². The third-order valence-corrected chi connectivity index (χ3v) is 4.23. The summed E-state index contributed by atoms with van der Waals surface area (Å²) in [5, 5.41) is 0. The van der Waals surface area contributed by atoms with Gasteiger partial charge in [0.05, 0.1) is 12.5 Å². The highest BCUT2D eigenvalue weighted by atomic mass is 16.5. The maximum atomic E-state index is 12.9. The molecule has 0 bridgehead atoms. The van der Waals surface area contributed by atoms with Crippen LogP contribution in [0, 0.1) is 5.41 Å². The molecule has 1 amide bonds. The van der Waals surface area contributed by atoms with Crippen molar-refractivity contribution in [3.8, 4) is 0 Å². The number of rotatable bonds is 6. The smallest absolute Gasteiger partial charge is 0.325 e. The molecule has 0 radical (unpaired) electrons. The number of amides is 1. The van der Waals surface area contributed by atoms with Crippen LogP contribution in [-0.2, 0) is 14.3 Å². The molecule has 0 aromatic rings. The molecule has 1 fully saturated rings. The van der Waals surface area contributed by atoms with Crippen LogP contribution >= 0.6 is 0 Å². The predicted molar refractivity (Wildman–Crippen MR) is 78.1 cm³/mol. The summed E-state index contributed by atoms with van der Waals surface area (Å²) in [7, 11) is 1.35. The van der Waals surface area contributed by atoms with Gasteiger partial charge in [0.15, 0.2) is 0 Å². The van der Waals surface area contributed by atoms with Crippen molar-refractivity contribution in [3.63, 3.8) is 0 Å². The summed E-state index contributed by atoms with van der Waals surface area (Å²) in [6.45, 7) is 2.98. The van der Waals surface area contributed by atoms with Gasteiger partial charge < -0.3 is 15.4 Å². The minimum absolute atomic E-state index is 0.0327. The molecular formula is C15H28N2O3. The number of hydrogen-bond donors (Lipinski definition) is 1. The minimum Gasteiger partial charge on any atom is -0.468 e. The van der Waals surface area contributed by atoms with E-state index in [0.29, 0.717) is 13.1 Å². The summed E-state index contributed by atoms with van der Waals surface area (Å²) >= 11 is 0. The van der Waals surface area contributed by atoms with Crippen LogP contribution in [0.1, 0.15) is 51.9 Å². The Hall–Kier alpha value is -1.10. The highest BCUT2D eigenvalue weighted by Crippen LogP contribution is 2.36. The average molecular weight is 284 g/mol. The van der Waals surface area contributed by atoms with Gasteiger partial charge in [0.25, 0.3) is 0 Å². The van der Waals surface area contributed by atoms with E-state index >= 15 is 0 Å². The molecule has 5 nitrogen and oxygen atoms in total. The predicted octanol–water partition coefficient (Wildman–Crippen LogP) is 1.70. The van der Waals surface area contributed by atoms with Crippen molar-refractivity contribution in [2.75, 3.05) is 26.7 Å². The molecule has 0 spiro atoms. The van der Waals surface area contributed by atoms with Crippen molar-refractivity contribution >= 4 is 11.9 Å². The molecule has 1 aliphatic rings. The van der Waals surface area contributed by atoms with Crippen molar-refractivity contribution in [2.24, 2.45) is 11.1 Å². The van der Waals surface area contributed by atoms with E-state index in [1.165, 1.54) is 20.0 Å². The molecule has 0 atom stereocenters. The lowest BCUT2D eigenvalue weighted by atomic mass is 9.79. The van der Waals surface area contributed by atoms with Crippen LogP contribution in [0.3, 0.4) is 0 Å². The summed E-state index contributed by atoms with van der Waals surface area (Å²) in [5.41, 5.74) is 5.47. The van der Waals surface area contributed by atoms with Crippen LogP contribution in [0.2, 0.25) is 0 Å². The Morgan fingerprint density at radius 2 is 1.80 bits per heavy atom. The first-order chi connectivity index (χ1) is 9.59. The van der Waals surface area contributed by atoms with Crippen molar-refractivity contribution in [1.82, 2.24) is 4.90 Å². The Bertz CT molecular complexity index is 323. The molecule has 20 heavy (non-hydrogen) atoms. The number of carbonyl (C=O) groups is 2. The fourth-order valence-corrected chi connectivity index (χ4v) is 2.99. The van der Waals surface area contributed by atoms with Crippen LogP contribution in [0.15, 0.2) is 0 Å². The number of hydrogen-bond acceptors (Lipinski definition) is 4. The minimum atomic E-state index is -0.473. The number of esters is 1. The zero-order valence-corrected chi connectivity index (χ0v) is 12.8. The topological polar surface area (TPSA) is 72.6 Å². The summed E-state index contributed by atoms with van der Waals surface area (Å²) < 4.78 is 4.69. The fraction of sp³-hybridized carbons (Fsp3) is 0.867. The average Bonchev–Trinajstić information content (AvgIpc) is 2.72. The number of ether oxygens (including phenoxy) is 1. The van der Waals surface area contributed by atoms with Crippen LogP contribution in [0.5, 0.6) is 0 Å². The van der Waals surface area contributed by atoms with Crippen LogP contribution in [0.25, 0.3) is 0 Å². The van der Waals surface area contributed by atoms with Crippen LogP contribution < -0.4 is 5.73 Å². The monoisotopic (exact) mass is 284 g/mol. The van der Waals surface area contributed by atoms with Gasteiger partial charge in [-0.1, -0.05) is 32.6 Å². The first-order valence-electron chi connectivity index (χ1n) is 7.66. The van der Waals surface area contributed by atoms with Gasteiger partial charge in [0, 0.05) is 13.1 Å². The molecule has 2 N–H and O–H groups in total. The van der Waals surface area contributed by atoms with Gasteiger partial charge >= 0.3 is 5.97 Å². The molecule has 0 saturated heterocycles. The van der Waals surface area contributed by atoms with E-state index in [9.17, 15) is 9.59 Å². The van der Waals surface area contributed by atoms with E-state index < -0.39 is 5.41 Å². The third-order valence-electron chi connectivity index (χ3n) is 4.23. The van der Waals surface area contributed by atoms with Crippen molar-refractivity contribution < 1.29 is 14.3 Å². The number of nitrogens with two attached hydrogens (primary N) is 1. The Morgan fingerprint density at radius 3 is 2.25 bits per heavy atom. The zero-order valence-electron chi connectivity index (χ0n) is 12.8. The lowest BCUT2D eigenvalue weighted by molar-refractivity contribution is -0.152.